The van der Waals surface area contributed by atoms with Gasteiger partial charge in [-0.15, -0.1) is 11.3 Å². The van der Waals surface area contributed by atoms with Crippen molar-refractivity contribution in [1.29, 1.82) is 0 Å². The quantitative estimate of drug-likeness (QED) is 0.932. The molecule has 0 aliphatic carbocycles. The summed E-state index contributed by atoms with van der Waals surface area (Å²) in [5.41, 5.74) is 1.25. The molecule has 1 heterocycles. The Bertz CT molecular complexity index is 425. The SMILES string of the molecule is CCNC(c1ccc(Br)cc1)c1nccs1. The van der Waals surface area contributed by atoms with Gasteiger partial charge in [0.05, 0.1) is 6.04 Å². The summed E-state index contributed by atoms with van der Waals surface area (Å²) in [6, 6.07) is 8.58. The molecule has 1 aromatic heterocycles. The van der Waals surface area contributed by atoms with Crippen LogP contribution in [0.1, 0.15) is 23.5 Å². The second-order valence-electron chi connectivity index (χ2n) is 3.41. The van der Waals surface area contributed by atoms with Crippen molar-refractivity contribution in [3.05, 3.63) is 50.9 Å². The Kier molecular flexibility index (Phi) is 4.09. The van der Waals surface area contributed by atoms with Gasteiger partial charge in [0.15, 0.2) is 0 Å². The van der Waals surface area contributed by atoms with Gasteiger partial charge in [0.2, 0.25) is 0 Å². The summed E-state index contributed by atoms with van der Waals surface area (Å²) >= 11 is 5.13. The number of halogens is 1. The molecule has 84 valence electrons. The predicted molar refractivity (Wildman–Crippen MR) is 71.8 cm³/mol. The Morgan fingerprint density at radius 2 is 2.12 bits per heavy atom. The zero-order chi connectivity index (χ0) is 11.4. The van der Waals surface area contributed by atoms with Crippen molar-refractivity contribution in [2.45, 2.75) is 13.0 Å². The zero-order valence-corrected chi connectivity index (χ0v) is 11.4. The Labute approximate surface area is 108 Å². The fourth-order valence-corrected chi connectivity index (χ4v) is 2.59. The minimum absolute atomic E-state index is 0.207. The van der Waals surface area contributed by atoms with Crippen LogP contribution in [0.25, 0.3) is 0 Å². The predicted octanol–water partition coefficient (Wildman–Crippen LogP) is 3.60. The number of aromatic nitrogens is 1. The molecule has 0 saturated carbocycles. The molecule has 2 rings (SSSR count). The first-order valence-electron chi connectivity index (χ1n) is 5.19. The highest BCUT2D eigenvalue weighted by Crippen LogP contribution is 2.24. The van der Waals surface area contributed by atoms with E-state index in [1.807, 2.05) is 11.6 Å². The summed E-state index contributed by atoms with van der Waals surface area (Å²) < 4.78 is 1.10. The van der Waals surface area contributed by atoms with Gasteiger partial charge in [0.1, 0.15) is 5.01 Å². The molecule has 1 aromatic carbocycles. The van der Waals surface area contributed by atoms with E-state index in [9.17, 15) is 0 Å². The van der Waals surface area contributed by atoms with E-state index >= 15 is 0 Å². The molecular weight excluding hydrogens is 284 g/mol. The lowest BCUT2D eigenvalue weighted by molar-refractivity contribution is 0.627. The molecule has 0 saturated heterocycles. The van der Waals surface area contributed by atoms with Crippen molar-refractivity contribution in [2.24, 2.45) is 0 Å². The average molecular weight is 297 g/mol. The third-order valence-corrected chi connectivity index (χ3v) is 3.68. The highest BCUT2D eigenvalue weighted by Gasteiger charge is 2.14. The van der Waals surface area contributed by atoms with Gasteiger partial charge in [-0.1, -0.05) is 35.0 Å². The molecule has 16 heavy (non-hydrogen) atoms. The topological polar surface area (TPSA) is 24.9 Å². The zero-order valence-electron chi connectivity index (χ0n) is 8.98. The number of nitrogens with zero attached hydrogens (tertiary/aromatic N) is 1. The van der Waals surface area contributed by atoms with E-state index in [4.69, 9.17) is 0 Å². The fourth-order valence-electron chi connectivity index (χ4n) is 1.58. The minimum Gasteiger partial charge on any atom is -0.305 e. The van der Waals surface area contributed by atoms with Gasteiger partial charge in [0.25, 0.3) is 0 Å². The number of nitrogens with one attached hydrogen (secondary N) is 1. The molecule has 0 radical (unpaired) electrons. The van der Waals surface area contributed by atoms with Crippen molar-refractivity contribution in [1.82, 2.24) is 10.3 Å². The Balaban J connectivity index is 2.29. The fraction of sp³-hybridized carbons (Fsp3) is 0.250. The van der Waals surface area contributed by atoms with Crippen LogP contribution in [0.4, 0.5) is 0 Å². The maximum atomic E-state index is 4.38. The first kappa shape index (κ1) is 11.8. The molecule has 0 amide bonds. The maximum Gasteiger partial charge on any atom is 0.114 e. The van der Waals surface area contributed by atoms with Gasteiger partial charge in [-0.3, -0.25) is 0 Å². The highest BCUT2D eigenvalue weighted by molar-refractivity contribution is 9.10. The van der Waals surface area contributed by atoms with Crippen LogP contribution >= 0.6 is 27.3 Å². The summed E-state index contributed by atoms with van der Waals surface area (Å²) in [4.78, 5) is 4.38. The molecule has 0 fully saturated rings. The molecule has 4 heteroatoms. The van der Waals surface area contributed by atoms with E-state index in [-0.39, 0.29) is 6.04 Å². The molecule has 2 nitrogen and oxygen atoms in total. The molecule has 0 bridgehead atoms. The summed E-state index contributed by atoms with van der Waals surface area (Å²) in [6.07, 6.45) is 1.85. The minimum atomic E-state index is 0.207. The molecule has 2 aromatic rings. The third kappa shape index (κ3) is 2.70. The number of benzene rings is 1. The van der Waals surface area contributed by atoms with Crippen molar-refractivity contribution < 1.29 is 0 Å². The van der Waals surface area contributed by atoms with Gasteiger partial charge < -0.3 is 5.32 Å². The Hall–Kier alpha value is -0.710. The van der Waals surface area contributed by atoms with Gasteiger partial charge in [-0.25, -0.2) is 4.98 Å². The van der Waals surface area contributed by atoms with Gasteiger partial charge in [0, 0.05) is 16.0 Å². The number of rotatable bonds is 4. The molecule has 0 aliphatic heterocycles. The summed E-state index contributed by atoms with van der Waals surface area (Å²) in [5, 5.41) is 6.58. The van der Waals surface area contributed by atoms with Crippen LogP contribution in [0.3, 0.4) is 0 Å². The first-order valence-corrected chi connectivity index (χ1v) is 6.86. The van der Waals surface area contributed by atoms with E-state index < -0.39 is 0 Å². The number of thiazole rings is 1. The van der Waals surface area contributed by atoms with Crippen LogP contribution in [-0.4, -0.2) is 11.5 Å². The van der Waals surface area contributed by atoms with E-state index in [2.05, 4.69) is 57.4 Å². The van der Waals surface area contributed by atoms with Gasteiger partial charge in [-0.05, 0) is 24.2 Å². The summed E-state index contributed by atoms with van der Waals surface area (Å²) in [6.45, 7) is 3.04. The molecule has 1 unspecified atom stereocenters. The first-order chi connectivity index (χ1) is 7.81. The lowest BCUT2D eigenvalue weighted by Gasteiger charge is -2.15. The van der Waals surface area contributed by atoms with Crippen molar-refractivity contribution in [3.8, 4) is 0 Å². The Morgan fingerprint density at radius 3 is 2.69 bits per heavy atom. The van der Waals surface area contributed by atoms with Crippen LogP contribution in [0.2, 0.25) is 0 Å². The van der Waals surface area contributed by atoms with Crippen LogP contribution in [-0.2, 0) is 0 Å². The molecule has 0 aliphatic rings. The lowest BCUT2D eigenvalue weighted by Crippen LogP contribution is -2.21. The summed E-state index contributed by atoms with van der Waals surface area (Å²) in [7, 11) is 0. The van der Waals surface area contributed by atoms with Crippen LogP contribution in [0.15, 0.2) is 40.3 Å². The maximum absolute atomic E-state index is 4.38. The standard InChI is InChI=1S/C12H13BrN2S/c1-2-14-11(12-15-7-8-16-12)9-3-5-10(13)6-4-9/h3-8,11,14H,2H2,1H3. The molecule has 1 N–H and O–H groups in total. The second kappa shape index (κ2) is 5.57. The number of hydrogen-bond donors (Lipinski definition) is 1. The summed E-state index contributed by atoms with van der Waals surface area (Å²) in [5.74, 6) is 0. The normalized spacial score (nSPS) is 12.6. The molecule has 1 atom stereocenters. The molecule has 0 spiro atoms. The molecular formula is C12H13BrN2S. The highest BCUT2D eigenvalue weighted by atomic mass is 79.9. The lowest BCUT2D eigenvalue weighted by atomic mass is 10.1. The van der Waals surface area contributed by atoms with E-state index in [1.165, 1.54) is 5.56 Å². The van der Waals surface area contributed by atoms with Crippen molar-refractivity contribution in [2.75, 3.05) is 6.54 Å². The van der Waals surface area contributed by atoms with Gasteiger partial charge in [-0.2, -0.15) is 0 Å². The van der Waals surface area contributed by atoms with Crippen LogP contribution < -0.4 is 5.32 Å². The van der Waals surface area contributed by atoms with Crippen molar-refractivity contribution >= 4 is 27.3 Å². The third-order valence-electron chi connectivity index (χ3n) is 2.31. The second-order valence-corrected chi connectivity index (χ2v) is 5.25. The monoisotopic (exact) mass is 296 g/mol. The van der Waals surface area contributed by atoms with E-state index in [0.29, 0.717) is 0 Å². The smallest absolute Gasteiger partial charge is 0.114 e. The van der Waals surface area contributed by atoms with Gasteiger partial charge >= 0.3 is 0 Å². The largest absolute Gasteiger partial charge is 0.305 e. The Morgan fingerprint density at radius 1 is 1.38 bits per heavy atom. The number of hydrogen-bond acceptors (Lipinski definition) is 3. The van der Waals surface area contributed by atoms with Crippen LogP contribution in [0.5, 0.6) is 0 Å². The van der Waals surface area contributed by atoms with Crippen LogP contribution in [0, 0.1) is 0 Å². The van der Waals surface area contributed by atoms with Crippen molar-refractivity contribution in [3.63, 3.8) is 0 Å². The van der Waals surface area contributed by atoms with E-state index in [1.54, 1.807) is 11.3 Å². The van der Waals surface area contributed by atoms with E-state index in [0.717, 1.165) is 16.0 Å². The average Bonchev–Trinajstić information content (AvgIpc) is 2.81.